The lowest BCUT2D eigenvalue weighted by Gasteiger charge is -2.27. The van der Waals surface area contributed by atoms with E-state index in [1.54, 1.807) is 0 Å². The van der Waals surface area contributed by atoms with Crippen LogP contribution in [-0.4, -0.2) is 30.4 Å². The molecule has 0 spiro atoms. The largest absolute Gasteiger partial charge is 0.396 e. The van der Waals surface area contributed by atoms with Crippen LogP contribution in [0.3, 0.4) is 0 Å². The molecule has 86 valence electrons. The van der Waals surface area contributed by atoms with Crippen LogP contribution in [0.5, 0.6) is 0 Å². The highest BCUT2D eigenvalue weighted by Crippen LogP contribution is 2.42. The fourth-order valence-electron chi connectivity index (χ4n) is 1.90. The van der Waals surface area contributed by atoms with Gasteiger partial charge in [0.05, 0.1) is 6.10 Å². The maximum atomic E-state index is 9.03. The quantitative estimate of drug-likeness (QED) is 0.761. The SMILES string of the molecule is OCCC(OC1OC2OC12)c1ccccc1. The molecule has 2 fully saturated rings. The zero-order valence-corrected chi connectivity index (χ0v) is 8.78. The molecule has 0 radical (unpaired) electrons. The van der Waals surface area contributed by atoms with Gasteiger partial charge in [0.15, 0.2) is 18.7 Å². The number of epoxide rings is 1. The summed E-state index contributed by atoms with van der Waals surface area (Å²) in [4.78, 5) is 0. The minimum Gasteiger partial charge on any atom is -0.396 e. The van der Waals surface area contributed by atoms with E-state index in [1.807, 2.05) is 30.3 Å². The van der Waals surface area contributed by atoms with E-state index in [4.69, 9.17) is 19.3 Å². The number of benzene rings is 1. The summed E-state index contributed by atoms with van der Waals surface area (Å²) in [7, 11) is 0. The van der Waals surface area contributed by atoms with E-state index in [0.29, 0.717) is 6.42 Å². The van der Waals surface area contributed by atoms with Crippen molar-refractivity contribution in [1.29, 1.82) is 0 Å². The first-order valence-corrected chi connectivity index (χ1v) is 5.50. The Balaban J connectivity index is 1.65. The Bertz CT molecular complexity index is 353. The molecular formula is C12H14O4. The van der Waals surface area contributed by atoms with Gasteiger partial charge in [0.25, 0.3) is 0 Å². The molecule has 1 aromatic rings. The van der Waals surface area contributed by atoms with Gasteiger partial charge >= 0.3 is 0 Å². The molecule has 0 bridgehead atoms. The number of hydrogen-bond donors (Lipinski definition) is 1. The van der Waals surface area contributed by atoms with Crippen molar-refractivity contribution in [3.05, 3.63) is 35.9 Å². The van der Waals surface area contributed by atoms with Crippen LogP contribution in [0, 0.1) is 0 Å². The van der Waals surface area contributed by atoms with Gasteiger partial charge in [0.1, 0.15) is 0 Å². The molecule has 0 aliphatic carbocycles. The molecular weight excluding hydrogens is 208 g/mol. The number of aliphatic hydroxyl groups excluding tert-OH is 1. The van der Waals surface area contributed by atoms with Crippen molar-refractivity contribution < 1.29 is 19.3 Å². The van der Waals surface area contributed by atoms with Gasteiger partial charge in [0, 0.05) is 13.0 Å². The topological polar surface area (TPSA) is 51.2 Å². The summed E-state index contributed by atoms with van der Waals surface area (Å²) < 4.78 is 16.2. The lowest BCUT2D eigenvalue weighted by atomic mass is 10.1. The summed E-state index contributed by atoms with van der Waals surface area (Å²) in [5.41, 5.74) is 1.06. The summed E-state index contributed by atoms with van der Waals surface area (Å²) in [5, 5.41) is 9.03. The second kappa shape index (κ2) is 4.14. The molecule has 2 heterocycles. The number of hydrogen-bond acceptors (Lipinski definition) is 4. The van der Waals surface area contributed by atoms with Gasteiger partial charge < -0.3 is 19.3 Å². The lowest BCUT2D eigenvalue weighted by molar-refractivity contribution is -0.227. The van der Waals surface area contributed by atoms with Crippen LogP contribution < -0.4 is 0 Å². The molecule has 4 heteroatoms. The van der Waals surface area contributed by atoms with E-state index in [9.17, 15) is 0 Å². The Hall–Kier alpha value is -0.940. The molecule has 0 aromatic heterocycles. The van der Waals surface area contributed by atoms with E-state index in [2.05, 4.69) is 0 Å². The lowest BCUT2D eigenvalue weighted by Crippen LogP contribution is -2.37. The van der Waals surface area contributed by atoms with Crippen LogP contribution in [-0.2, 0) is 14.2 Å². The third-order valence-electron chi connectivity index (χ3n) is 2.88. The second-order valence-electron chi connectivity index (χ2n) is 4.02. The van der Waals surface area contributed by atoms with Gasteiger partial charge in [-0.2, -0.15) is 0 Å². The van der Waals surface area contributed by atoms with E-state index >= 15 is 0 Å². The van der Waals surface area contributed by atoms with Gasteiger partial charge in [-0.1, -0.05) is 30.3 Å². The summed E-state index contributed by atoms with van der Waals surface area (Å²) in [6, 6.07) is 9.86. The van der Waals surface area contributed by atoms with E-state index < -0.39 is 0 Å². The average molecular weight is 222 g/mol. The normalized spacial score (nSPS) is 32.7. The summed E-state index contributed by atoms with van der Waals surface area (Å²) in [6.07, 6.45) is 0.268. The van der Waals surface area contributed by atoms with Crippen LogP contribution in [0.2, 0.25) is 0 Å². The van der Waals surface area contributed by atoms with Gasteiger partial charge in [-0.15, -0.1) is 0 Å². The molecule has 3 rings (SSSR count). The second-order valence-corrected chi connectivity index (χ2v) is 4.02. The zero-order valence-electron chi connectivity index (χ0n) is 8.78. The summed E-state index contributed by atoms with van der Waals surface area (Å²) in [6.45, 7) is 0.0984. The van der Waals surface area contributed by atoms with Crippen LogP contribution in [0.15, 0.2) is 30.3 Å². The van der Waals surface area contributed by atoms with E-state index in [1.165, 1.54) is 0 Å². The Kier molecular flexibility index (Phi) is 2.65. The van der Waals surface area contributed by atoms with Crippen molar-refractivity contribution >= 4 is 0 Å². The van der Waals surface area contributed by atoms with Crippen molar-refractivity contribution in [3.63, 3.8) is 0 Å². The van der Waals surface area contributed by atoms with Gasteiger partial charge in [-0.25, -0.2) is 0 Å². The fraction of sp³-hybridized carbons (Fsp3) is 0.500. The molecule has 2 aliphatic rings. The maximum absolute atomic E-state index is 9.03. The van der Waals surface area contributed by atoms with Crippen LogP contribution in [0.25, 0.3) is 0 Å². The van der Waals surface area contributed by atoms with Gasteiger partial charge in [0.2, 0.25) is 0 Å². The highest BCUT2D eigenvalue weighted by molar-refractivity contribution is 5.17. The molecule has 4 nitrogen and oxygen atoms in total. The van der Waals surface area contributed by atoms with E-state index in [0.717, 1.165) is 5.56 Å². The Morgan fingerprint density at radius 3 is 2.62 bits per heavy atom. The summed E-state index contributed by atoms with van der Waals surface area (Å²) in [5.74, 6) is 0. The molecule has 1 aromatic carbocycles. The van der Waals surface area contributed by atoms with Crippen molar-refractivity contribution in [1.82, 2.24) is 0 Å². The molecule has 2 aliphatic heterocycles. The number of aliphatic hydroxyl groups is 1. The molecule has 2 saturated heterocycles. The molecule has 4 unspecified atom stereocenters. The number of ether oxygens (including phenoxy) is 3. The predicted octanol–water partition coefficient (Wildman–Crippen LogP) is 1.21. The van der Waals surface area contributed by atoms with Crippen molar-refractivity contribution in [2.75, 3.05) is 6.61 Å². The van der Waals surface area contributed by atoms with Crippen molar-refractivity contribution in [3.8, 4) is 0 Å². The van der Waals surface area contributed by atoms with Crippen molar-refractivity contribution in [2.24, 2.45) is 0 Å². The summed E-state index contributed by atoms with van der Waals surface area (Å²) >= 11 is 0. The average Bonchev–Trinajstić information content (AvgIpc) is 2.97. The monoisotopic (exact) mass is 222 g/mol. The fourth-order valence-corrected chi connectivity index (χ4v) is 1.90. The smallest absolute Gasteiger partial charge is 0.192 e. The zero-order chi connectivity index (χ0) is 11.0. The Morgan fingerprint density at radius 2 is 2.06 bits per heavy atom. The first-order chi connectivity index (χ1) is 7.88. The predicted molar refractivity (Wildman–Crippen MR) is 55.5 cm³/mol. The first kappa shape index (κ1) is 10.2. The highest BCUT2D eigenvalue weighted by atomic mass is 16.9. The third kappa shape index (κ3) is 1.85. The minimum atomic E-state index is -0.262. The van der Waals surface area contributed by atoms with Gasteiger partial charge in [-0.3, -0.25) is 0 Å². The molecule has 1 N–H and O–H groups in total. The molecule has 16 heavy (non-hydrogen) atoms. The number of rotatable bonds is 5. The standard InChI is InChI=1S/C12H14O4/c13-7-6-9(8-4-2-1-3-5-8)14-11-10-12(15-10)16-11/h1-5,9-13H,6-7H2. The molecule has 0 saturated carbocycles. The minimum absolute atomic E-state index is 0.0319. The highest BCUT2D eigenvalue weighted by Gasteiger charge is 2.60. The molecule has 4 atom stereocenters. The van der Waals surface area contributed by atoms with Crippen LogP contribution in [0.4, 0.5) is 0 Å². The third-order valence-corrected chi connectivity index (χ3v) is 2.88. The van der Waals surface area contributed by atoms with Crippen molar-refractivity contribution in [2.45, 2.75) is 31.2 Å². The maximum Gasteiger partial charge on any atom is 0.192 e. The van der Waals surface area contributed by atoms with E-state index in [-0.39, 0.29) is 31.4 Å². The van der Waals surface area contributed by atoms with Crippen LogP contribution >= 0.6 is 0 Å². The first-order valence-electron chi connectivity index (χ1n) is 5.50. The number of fused-ring (bicyclic) bond motifs is 1. The Morgan fingerprint density at radius 1 is 1.25 bits per heavy atom. The van der Waals surface area contributed by atoms with Gasteiger partial charge in [-0.05, 0) is 5.56 Å². The van der Waals surface area contributed by atoms with Crippen LogP contribution in [0.1, 0.15) is 18.1 Å². The Labute approximate surface area is 93.7 Å². The molecule has 0 amide bonds.